The van der Waals surface area contributed by atoms with Gasteiger partial charge in [-0.15, -0.1) is 0 Å². The van der Waals surface area contributed by atoms with Crippen LogP contribution in [0.5, 0.6) is 11.5 Å². The topological polar surface area (TPSA) is 35.5 Å². The third kappa shape index (κ3) is 3.52. The molecule has 2 rings (SSSR count). The molecular formula is C15H12BrClO3. The van der Waals surface area contributed by atoms with Gasteiger partial charge < -0.3 is 9.47 Å². The fraction of sp³-hybridized carbons (Fsp3) is 0.133. The first kappa shape index (κ1) is 14.9. The van der Waals surface area contributed by atoms with E-state index in [9.17, 15) is 4.79 Å². The van der Waals surface area contributed by atoms with Crippen molar-refractivity contribution < 1.29 is 14.3 Å². The Morgan fingerprint density at radius 3 is 2.65 bits per heavy atom. The second kappa shape index (κ2) is 6.77. The first-order chi connectivity index (χ1) is 9.61. The summed E-state index contributed by atoms with van der Waals surface area (Å²) in [5.74, 6) is 0.438. The second-order valence-corrected chi connectivity index (χ2v) is 5.18. The number of halogens is 2. The molecular weight excluding hydrogens is 344 g/mol. The number of carbonyl (C=O) groups is 1. The molecule has 0 spiro atoms. The summed E-state index contributed by atoms with van der Waals surface area (Å²) in [6, 6.07) is 11.9. The molecule has 0 amide bonds. The van der Waals surface area contributed by atoms with Gasteiger partial charge in [-0.2, -0.15) is 0 Å². The zero-order valence-corrected chi connectivity index (χ0v) is 13.1. The van der Waals surface area contributed by atoms with E-state index in [0.717, 1.165) is 0 Å². The van der Waals surface area contributed by atoms with Crippen LogP contribution < -0.4 is 9.47 Å². The lowest BCUT2D eigenvalue weighted by Gasteiger charge is -2.10. The van der Waals surface area contributed by atoms with Gasteiger partial charge in [-0.3, -0.25) is 0 Å². The normalized spacial score (nSPS) is 10.2. The van der Waals surface area contributed by atoms with Crippen LogP contribution in [-0.4, -0.2) is 12.6 Å². The molecule has 2 aromatic rings. The van der Waals surface area contributed by atoms with Crippen LogP contribution in [0.15, 0.2) is 46.9 Å². The van der Waals surface area contributed by atoms with E-state index in [2.05, 4.69) is 15.9 Å². The van der Waals surface area contributed by atoms with Crippen molar-refractivity contribution in [2.75, 3.05) is 6.61 Å². The number of hydrogen-bond acceptors (Lipinski definition) is 3. The highest BCUT2D eigenvalue weighted by Gasteiger charge is 2.15. The summed E-state index contributed by atoms with van der Waals surface area (Å²) < 4.78 is 11.4. The summed E-state index contributed by atoms with van der Waals surface area (Å²) in [4.78, 5) is 12.2. The zero-order valence-electron chi connectivity index (χ0n) is 10.7. The molecule has 104 valence electrons. The Balaban J connectivity index is 2.24. The number of esters is 1. The molecule has 0 heterocycles. The first-order valence-corrected chi connectivity index (χ1v) is 7.18. The smallest absolute Gasteiger partial charge is 0.347 e. The number of carbonyl (C=O) groups excluding carboxylic acids is 1. The molecule has 0 aromatic heterocycles. The van der Waals surface area contributed by atoms with Crippen LogP contribution in [-0.2, 0) is 0 Å². The third-order valence-electron chi connectivity index (χ3n) is 2.50. The van der Waals surface area contributed by atoms with Crippen molar-refractivity contribution in [1.82, 2.24) is 0 Å². The number of hydrogen-bond donors (Lipinski definition) is 0. The lowest BCUT2D eigenvalue weighted by molar-refractivity contribution is 0.0729. The molecule has 0 atom stereocenters. The molecule has 5 heteroatoms. The molecule has 0 unspecified atom stereocenters. The molecule has 20 heavy (non-hydrogen) atoms. The molecule has 0 saturated heterocycles. The Hall–Kier alpha value is -1.52. The first-order valence-electron chi connectivity index (χ1n) is 6.01. The van der Waals surface area contributed by atoms with Crippen LogP contribution in [0.3, 0.4) is 0 Å². The maximum atomic E-state index is 12.2. The summed E-state index contributed by atoms with van der Waals surface area (Å²) in [6.45, 7) is 2.34. The van der Waals surface area contributed by atoms with Gasteiger partial charge in [0.05, 0.1) is 11.1 Å². The summed E-state index contributed by atoms with van der Waals surface area (Å²) in [5, 5.41) is 0.561. The Kier molecular flexibility index (Phi) is 5.04. The van der Waals surface area contributed by atoms with Crippen LogP contribution in [0.1, 0.15) is 17.3 Å². The Morgan fingerprint density at radius 2 is 1.95 bits per heavy atom. The Morgan fingerprint density at radius 1 is 1.20 bits per heavy atom. The molecule has 0 saturated carbocycles. The fourth-order valence-corrected chi connectivity index (χ4v) is 2.39. The van der Waals surface area contributed by atoms with Crippen LogP contribution in [0.4, 0.5) is 0 Å². The average molecular weight is 356 g/mol. The molecule has 0 aliphatic rings. The standard InChI is InChI=1S/C15H12BrClO3/c1-2-19-13-6-4-3-5-11(13)15(18)20-14-8-7-10(17)9-12(14)16/h3-9H,2H2,1H3. The minimum Gasteiger partial charge on any atom is -0.493 e. The predicted octanol–water partition coefficient (Wildman–Crippen LogP) is 4.72. The summed E-state index contributed by atoms with van der Waals surface area (Å²) in [5.41, 5.74) is 0.385. The van der Waals surface area contributed by atoms with Gasteiger partial charge in [-0.25, -0.2) is 4.79 Å². The summed E-state index contributed by atoms with van der Waals surface area (Å²) in [7, 11) is 0. The second-order valence-electron chi connectivity index (χ2n) is 3.89. The van der Waals surface area contributed by atoms with Crippen molar-refractivity contribution in [2.45, 2.75) is 6.92 Å². The minimum absolute atomic E-state index is 0.385. The van der Waals surface area contributed by atoms with Gasteiger partial charge in [0.2, 0.25) is 0 Å². The van der Waals surface area contributed by atoms with Gasteiger partial charge in [-0.05, 0) is 53.2 Å². The highest BCUT2D eigenvalue weighted by Crippen LogP contribution is 2.29. The van der Waals surface area contributed by atoms with Gasteiger partial charge >= 0.3 is 5.97 Å². The van der Waals surface area contributed by atoms with Crippen LogP contribution in [0.25, 0.3) is 0 Å². The summed E-state index contributed by atoms with van der Waals surface area (Å²) in [6.07, 6.45) is 0. The molecule has 0 fully saturated rings. The lowest BCUT2D eigenvalue weighted by Crippen LogP contribution is -2.11. The van der Waals surface area contributed by atoms with Gasteiger partial charge in [0.1, 0.15) is 17.1 Å². The predicted molar refractivity (Wildman–Crippen MR) is 81.7 cm³/mol. The highest BCUT2D eigenvalue weighted by molar-refractivity contribution is 9.10. The number of benzene rings is 2. The Labute approximate surface area is 130 Å². The summed E-state index contributed by atoms with van der Waals surface area (Å²) >= 11 is 9.15. The third-order valence-corrected chi connectivity index (χ3v) is 3.36. The van der Waals surface area contributed by atoms with E-state index in [-0.39, 0.29) is 0 Å². The molecule has 3 nitrogen and oxygen atoms in total. The molecule has 0 aliphatic heterocycles. The quantitative estimate of drug-likeness (QED) is 0.588. The molecule has 0 N–H and O–H groups in total. The van der Waals surface area contributed by atoms with Crippen molar-refractivity contribution in [2.24, 2.45) is 0 Å². The van der Waals surface area contributed by atoms with Crippen molar-refractivity contribution >= 4 is 33.5 Å². The zero-order chi connectivity index (χ0) is 14.5. The number of ether oxygens (including phenoxy) is 2. The number of rotatable bonds is 4. The lowest BCUT2D eigenvalue weighted by atomic mass is 10.2. The maximum absolute atomic E-state index is 12.2. The molecule has 2 aromatic carbocycles. The van der Waals surface area contributed by atoms with E-state index in [0.29, 0.717) is 33.2 Å². The largest absolute Gasteiger partial charge is 0.493 e. The number of para-hydroxylation sites is 1. The maximum Gasteiger partial charge on any atom is 0.347 e. The fourth-order valence-electron chi connectivity index (χ4n) is 1.63. The van der Waals surface area contributed by atoms with E-state index in [1.54, 1.807) is 42.5 Å². The van der Waals surface area contributed by atoms with Crippen LogP contribution in [0.2, 0.25) is 5.02 Å². The van der Waals surface area contributed by atoms with Crippen molar-refractivity contribution in [1.29, 1.82) is 0 Å². The van der Waals surface area contributed by atoms with E-state index < -0.39 is 5.97 Å². The van der Waals surface area contributed by atoms with Gasteiger partial charge in [0, 0.05) is 5.02 Å². The van der Waals surface area contributed by atoms with Crippen molar-refractivity contribution in [3.63, 3.8) is 0 Å². The van der Waals surface area contributed by atoms with E-state index in [1.165, 1.54) is 0 Å². The molecule has 0 bridgehead atoms. The monoisotopic (exact) mass is 354 g/mol. The molecule has 0 radical (unpaired) electrons. The average Bonchev–Trinajstić information content (AvgIpc) is 2.43. The van der Waals surface area contributed by atoms with Gasteiger partial charge in [0.15, 0.2) is 0 Å². The van der Waals surface area contributed by atoms with E-state index in [4.69, 9.17) is 21.1 Å². The SMILES string of the molecule is CCOc1ccccc1C(=O)Oc1ccc(Cl)cc1Br. The highest BCUT2D eigenvalue weighted by atomic mass is 79.9. The minimum atomic E-state index is -0.475. The van der Waals surface area contributed by atoms with E-state index in [1.807, 2.05) is 6.92 Å². The Bertz CT molecular complexity index is 628. The van der Waals surface area contributed by atoms with Gasteiger partial charge in [0.25, 0.3) is 0 Å². The van der Waals surface area contributed by atoms with Crippen LogP contribution >= 0.6 is 27.5 Å². The van der Waals surface area contributed by atoms with Crippen LogP contribution in [0, 0.1) is 0 Å². The van der Waals surface area contributed by atoms with E-state index >= 15 is 0 Å². The van der Waals surface area contributed by atoms with Crippen molar-refractivity contribution in [3.8, 4) is 11.5 Å². The molecule has 0 aliphatic carbocycles. The van der Waals surface area contributed by atoms with Crippen molar-refractivity contribution in [3.05, 3.63) is 57.5 Å². The van der Waals surface area contributed by atoms with Gasteiger partial charge in [-0.1, -0.05) is 23.7 Å².